The van der Waals surface area contributed by atoms with Crippen LogP contribution >= 0.6 is 22.9 Å². The number of Topliss-reactive ketones (excluding diaryl/α,β-unsaturated/α-hetero) is 2. The number of aryl methyl sites for hydroxylation is 1. The largest absolute Gasteiger partial charge is 0.418 e. The molecule has 40 heavy (non-hydrogen) atoms. The number of amides is 1. The predicted octanol–water partition coefficient (Wildman–Crippen LogP) is 5.84. The van der Waals surface area contributed by atoms with Crippen molar-refractivity contribution in [2.45, 2.75) is 38.3 Å². The van der Waals surface area contributed by atoms with E-state index in [4.69, 9.17) is 11.6 Å². The molecule has 0 saturated heterocycles. The van der Waals surface area contributed by atoms with Crippen LogP contribution < -0.4 is 5.32 Å². The number of pyridine rings is 2. The van der Waals surface area contributed by atoms with Crippen LogP contribution in [0.25, 0.3) is 0 Å². The van der Waals surface area contributed by atoms with E-state index >= 15 is 0 Å². The Balaban J connectivity index is 1.37. The fourth-order valence-corrected chi connectivity index (χ4v) is 4.66. The Bertz CT molecular complexity index is 1550. The lowest BCUT2D eigenvalue weighted by Crippen LogP contribution is -2.13. The fourth-order valence-electron chi connectivity index (χ4n) is 3.59. The topological polar surface area (TPSA) is 128 Å². The first kappa shape index (κ1) is 28.9. The van der Waals surface area contributed by atoms with Gasteiger partial charge in [-0.1, -0.05) is 24.6 Å². The quantitative estimate of drug-likeness (QED) is 0.229. The molecule has 4 heterocycles. The number of aromatic nitrogens is 5. The van der Waals surface area contributed by atoms with Crippen LogP contribution in [0.4, 0.5) is 19.0 Å². The number of carbonyl (C=O) groups is 3. The lowest BCUT2D eigenvalue weighted by Gasteiger charge is -2.10. The Hall–Kier alpha value is -4.10. The standard InChI is InChI=1S/C26H20ClF3N6O3S/c1-14(7-21(38)19-9-18(34-13-35-19)20(37)5-4-15-3-2-6-31-10-15)25-33-12-22(40-25)24(39)36-23-8-16(26(28,29)30)17(27)11-32-23/h2-3,6,8-14H,4-5,7H2,1H3,(H,32,36,39)/t14-/m0/s1. The average Bonchev–Trinajstić information content (AvgIpc) is 3.44. The summed E-state index contributed by atoms with van der Waals surface area (Å²) in [5.74, 6) is -2.03. The van der Waals surface area contributed by atoms with Gasteiger partial charge >= 0.3 is 6.18 Å². The van der Waals surface area contributed by atoms with E-state index in [2.05, 4.69) is 30.2 Å². The summed E-state index contributed by atoms with van der Waals surface area (Å²) >= 11 is 6.55. The zero-order valence-electron chi connectivity index (χ0n) is 20.8. The molecule has 0 aliphatic rings. The molecule has 1 amide bonds. The normalized spacial score (nSPS) is 12.1. The van der Waals surface area contributed by atoms with Gasteiger partial charge in [0, 0.05) is 37.4 Å². The van der Waals surface area contributed by atoms with Crippen molar-refractivity contribution in [3.8, 4) is 0 Å². The minimum atomic E-state index is -4.71. The SMILES string of the molecule is C[C@@H](CC(=O)c1cc(C(=O)CCc2cccnc2)ncn1)c1ncc(C(=O)Nc2cc(C(F)(F)F)c(Cl)cn2)s1. The van der Waals surface area contributed by atoms with E-state index in [0.29, 0.717) is 17.5 Å². The maximum Gasteiger partial charge on any atom is 0.418 e. The molecule has 14 heteroatoms. The van der Waals surface area contributed by atoms with Crippen molar-refractivity contribution >= 4 is 46.2 Å². The first-order valence-corrected chi connectivity index (χ1v) is 13.0. The average molecular weight is 589 g/mol. The van der Waals surface area contributed by atoms with E-state index in [1.807, 2.05) is 6.07 Å². The van der Waals surface area contributed by atoms with Gasteiger partial charge in [0.05, 0.1) is 21.8 Å². The number of anilines is 1. The van der Waals surface area contributed by atoms with Gasteiger partial charge < -0.3 is 5.32 Å². The number of nitrogens with one attached hydrogen (secondary N) is 1. The molecule has 1 atom stereocenters. The van der Waals surface area contributed by atoms with E-state index in [9.17, 15) is 27.6 Å². The minimum Gasteiger partial charge on any atom is -0.306 e. The van der Waals surface area contributed by atoms with Gasteiger partial charge in [-0.3, -0.25) is 19.4 Å². The van der Waals surface area contributed by atoms with Crippen molar-refractivity contribution in [1.29, 1.82) is 0 Å². The molecule has 0 unspecified atom stereocenters. The lowest BCUT2D eigenvalue weighted by atomic mass is 10.0. The van der Waals surface area contributed by atoms with Crippen molar-refractivity contribution < 1.29 is 27.6 Å². The molecule has 4 aromatic heterocycles. The Kier molecular flexibility index (Phi) is 8.95. The molecule has 0 saturated carbocycles. The maximum absolute atomic E-state index is 13.1. The number of ketones is 2. The van der Waals surface area contributed by atoms with Gasteiger partial charge in [-0.15, -0.1) is 11.3 Å². The Morgan fingerprint density at radius 3 is 2.48 bits per heavy atom. The molecule has 1 N–H and O–H groups in total. The third-order valence-corrected chi connectivity index (χ3v) is 7.19. The second-order valence-corrected chi connectivity index (χ2v) is 10.1. The van der Waals surface area contributed by atoms with E-state index < -0.39 is 28.6 Å². The Labute approximate surface area is 234 Å². The third-order valence-electron chi connectivity index (χ3n) is 5.66. The van der Waals surface area contributed by atoms with Crippen molar-refractivity contribution in [3.63, 3.8) is 0 Å². The zero-order valence-corrected chi connectivity index (χ0v) is 22.3. The van der Waals surface area contributed by atoms with Gasteiger partial charge in [-0.25, -0.2) is 19.9 Å². The van der Waals surface area contributed by atoms with Crippen LogP contribution in [-0.4, -0.2) is 42.4 Å². The summed E-state index contributed by atoms with van der Waals surface area (Å²) in [7, 11) is 0. The van der Waals surface area contributed by atoms with Crippen LogP contribution in [0.1, 0.15) is 72.5 Å². The molecule has 9 nitrogen and oxygen atoms in total. The van der Waals surface area contributed by atoms with Gasteiger partial charge in [-0.2, -0.15) is 13.2 Å². The van der Waals surface area contributed by atoms with Gasteiger partial charge in [0.15, 0.2) is 11.6 Å². The van der Waals surface area contributed by atoms with E-state index in [1.54, 1.807) is 25.4 Å². The number of halogens is 4. The summed E-state index contributed by atoms with van der Waals surface area (Å²) in [4.78, 5) is 58.1. The lowest BCUT2D eigenvalue weighted by molar-refractivity contribution is -0.137. The summed E-state index contributed by atoms with van der Waals surface area (Å²) in [6, 6.07) is 5.64. The first-order valence-electron chi connectivity index (χ1n) is 11.8. The van der Waals surface area contributed by atoms with Crippen LogP contribution in [0.15, 0.2) is 55.4 Å². The summed E-state index contributed by atoms with van der Waals surface area (Å²) < 4.78 is 39.2. The molecule has 0 bridgehead atoms. The number of thiazole rings is 1. The number of hydrogen-bond donors (Lipinski definition) is 1. The van der Waals surface area contributed by atoms with E-state index in [0.717, 1.165) is 29.4 Å². The monoisotopic (exact) mass is 588 g/mol. The smallest absolute Gasteiger partial charge is 0.306 e. The van der Waals surface area contributed by atoms with Gasteiger partial charge in [0.25, 0.3) is 5.91 Å². The molecule has 0 spiro atoms. The number of hydrogen-bond acceptors (Lipinski definition) is 9. The Morgan fingerprint density at radius 2 is 1.77 bits per heavy atom. The Morgan fingerprint density at radius 1 is 1.02 bits per heavy atom. The van der Waals surface area contributed by atoms with Crippen LogP contribution in [0, 0.1) is 0 Å². The predicted molar refractivity (Wildman–Crippen MR) is 141 cm³/mol. The third kappa shape index (κ3) is 7.30. The number of rotatable bonds is 10. The molecule has 0 fully saturated rings. The van der Waals surface area contributed by atoms with Crippen LogP contribution in [-0.2, 0) is 12.6 Å². The molecule has 0 aliphatic heterocycles. The molecule has 4 aromatic rings. The molecule has 4 rings (SSSR count). The van der Waals surface area contributed by atoms with Crippen molar-refractivity contribution in [2.24, 2.45) is 0 Å². The molecule has 0 aromatic carbocycles. The first-order chi connectivity index (χ1) is 19.0. The van der Waals surface area contributed by atoms with E-state index in [-0.39, 0.29) is 46.5 Å². The highest BCUT2D eigenvalue weighted by molar-refractivity contribution is 7.13. The molecular weight excluding hydrogens is 569 g/mol. The summed E-state index contributed by atoms with van der Waals surface area (Å²) in [6.45, 7) is 1.73. The second kappa shape index (κ2) is 12.4. The molecule has 0 radical (unpaired) electrons. The summed E-state index contributed by atoms with van der Waals surface area (Å²) in [5.41, 5.74) is -0.00958. The number of carbonyl (C=O) groups excluding carboxylic acids is 3. The van der Waals surface area contributed by atoms with Crippen molar-refractivity contribution in [3.05, 3.63) is 92.8 Å². The van der Waals surface area contributed by atoms with Gasteiger partial charge in [0.2, 0.25) is 0 Å². The molecule has 0 aliphatic carbocycles. The van der Waals surface area contributed by atoms with Crippen molar-refractivity contribution in [2.75, 3.05) is 5.32 Å². The minimum absolute atomic E-state index is 0.0113. The number of alkyl halides is 3. The van der Waals surface area contributed by atoms with Crippen molar-refractivity contribution in [1.82, 2.24) is 24.9 Å². The maximum atomic E-state index is 13.1. The summed E-state index contributed by atoms with van der Waals surface area (Å²) in [6.07, 6.45) is 2.50. The number of nitrogens with zero attached hydrogens (tertiary/aromatic N) is 5. The van der Waals surface area contributed by atoms with Crippen LogP contribution in [0.3, 0.4) is 0 Å². The highest BCUT2D eigenvalue weighted by atomic mass is 35.5. The van der Waals surface area contributed by atoms with Crippen LogP contribution in [0.2, 0.25) is 5.02 Å². The second-order valence-electron chi connectivity index (χ2n) is 8.67. The van der Waals surface area contributed by atoms with Gasteiger partial charge in [-0.05, 0) is 30.2 Å². The van der Waals surface area contributed by atoms with Crippen LogP contribution in [0.5, 0.6) is 0 Å². The molecular formula is C26H20ClF3N6O3S. The van der Waals surface area contributed by atoms with E-state index in [1.165, 1.54) is 12.3 Å². The fraction of sp³-hybridized carbons (Fsp3) is 0.231. The highest BCUT2D eigenvalue weighted by Crippen LogP contribution is 2.35. The molecule has 206 valence electrons. The zero-order chi connectivity index (χ0) is 28.9. The summed E-state index contributed by atoms with van der Waals surface area (Å²) in [5, 5.41) is 2.17. The van der Waals surface area contributed by atoms with Gasteiger partial charge in [0.1, 0.15) is 28.4 Å². The highest BCUT2D eigenvalue weighted by Gasteiger charge is 2.34.